The van der Waals surface area contributed by atoms with Gasteiger partial charge in [-0.3, -0.25) is 9.52 Å². The molecule has 1 saturated heterocycles. The first kappa shape index (κ1) is 12.2. The standard InChI is InChI=1S/C10H13ClN2OS2/c11-8-1-2-9(15-8)16-13-10(14)7-3-5-12-6-4-7/h1-2,7,12H,3-6H2,(H,13,14). The summed E-state index contributed by atoms with van der Waals surface area (Å²) >= 11 is 8.64. The van der Waals surface area contributed by atoms with E-state index in [1.807, 2.05) is 12.1 Å². The SMILES string of the molecule is O=C(NSc1ccc(Cl)s1)C1CCNCC1. The van der Waals surface area contributed by atoms with Crippen LogP contribution in [0.2, 0.25) is 4.34 Å². The molecule has 0 spiro atoms. The molecule has 1 amide bonds. The van der Waals surface area contributed by atoms with Crippen molar-refractivity contribution in [2.75, 3.05) is 13.1 Å². The molecule has 16 heavy (non-hydrogen) atoms. The highest BCUT2D eigenvalue weighted by Gasteiger charge is 2.20. The van der Waals surface area contributed by atoms with Gasteiger partial charge >= 0.3 is 0 Å². The molecule has 1 aliphatic heterocycles. The largest absolute Gasteiger partial charge is 0.317 e. The third kappa shape index (κ3) is 3.38. The fourth-order valence-electron chi connectivity index (χ4n) is 1.62. The quantitative estimate of drug-likeness (QED) is 0.834. The van der Waals surface area contributed by atoms with Crippen molar-refractivity contribution in [3.05, 3.63) is 16.5 Å². The van der Waals surface area contributed by atoms with Crippen molar-refractivity contribution in [3.63, 3.8) is 0 Å². The minimum Gasteiger partial charge on any atom is -0.317 e. The van der Waals surface area contributed by atoms with Crippen LogP contribution < -0.4 is 10.0 Å². The summed E-state index contributed by atoms with van der Waals surface area (Å²) in [5.41, 5.74) is 0. The average molecular weight is 277 g/mol. The summed E-state index contributed by atoms with van der Waals surface area (Å²) in [4.78, 5) is 11.8. The smallest absolute Gasteiger partial charge is 0.233 e. The molecule has 88 valence electrons. The lowest BCUT2D eigenvalue weighted by molar-refractivity contribution is -0.123. The van der Waals surface area contributed by atoms with Crippen LogP contribution >= 0.6 is 34.9 Å². The summed E-state index contributed by atoms with van der Waals surface area (Å²) in [5, 5.41) is 3.24. The number of amides is 1. The van der Waals surface area contributed by atoms with Gasteiger partial charge in [-0.1, -0.05) is 11.6 Å². The van der Waals surface area contributed by atoms with E-state index in [1.54, 1.807) is 0 Å². The van der Waals surface area contributed by atoms with Gasteiger partial charge in [0.05, 0.1) is 8.55 Å². The zero-order valence-electron chi connectivity index (χ0n) is 8.66. The van der Waals surface area contributed by atoms with Crippen molar-refractivity contribution in [1.82, 2.24) is 10.0 Å². The topological polar surface area (TPSA) is 41.1 Å². The predicted molar refractivity (Wildman–Crippen MR) is 68.9 cm³/mol. The van der Waals surface area contributed by atoms with Gasteiger partial charge in [0.25, 0.3) is 0 Å². The number of hydrogen-bond donors (Lipinski definition) is 2. The van der Waals surface area contributed by atoms with Crippen molar-refractivity contribution < 1.29 is 4.79 Å². The lowest BCUT2D eigenvalue weighted by atomic mass is 9.98. The van der Waals surface area contributed by atoms with Crippen LogP contribution in [0.4, 0.5) is 0 Å². The van der Waals surface area contributed by atoms with E-state index in [0.717, 1.165) is 34.5 Å². The minimum atomic E-state index is 0.135. The molecular weight excluding hydrogens is 264 g/mol. The molecule has 0 aromatic carbocycles. The Morgan fingerprint density at radius 2 is 2.25 bits per heavy atom. The Bertz CT molecular complexity index is 363. The fourth-order valence-corrected chi connectivity index (χ4v) is 3.60. The molecule has 0 atom stereocenters. The Labute approximate surface area is 108 Å². The van der Waals surface area contributed by atoms with E-state index in [4.69, 9.17) is 11.6 Å². The van der Waals surface area contributed by atoms with Crippen LogP contribution in [0.5, 0.6) is 0 Å². The van der Waals surface area contributed by atoms with Gasteiger partial charge in [0, 0.05) is 5.92 Å². The van der Waals surface area contributed by atoms with Crippen molar-refractivity contribution in [1.29, 1.82) is 0 Å². The lowest BCUT2D eigenvalue weighted by Gasteiger charge is -2.21. The monoisotopic (exact) mass is 276 g/mol. The molecule has 0 radical (unpaired) electrons. The summed E-state index contributed by atoms with van der Waals surface area (Å²) in [6, 6.07) is 3.76. The summed E-state index contributed by atoms with van der Waals surface area (Å²) in [7, 11) is 0. The molecule has 1 fully saturated rings. The lowest BCUT2D eigenvalue weighted by Crippen LogP contribution is -2.35. The third-order valence-electron chi connectivity index (χ3n) is 2.51. The van der Waals surface area contributed by atoms with E-state index in [1.165, 1.54) is 23.3 Å². The maximum absolute atomic E-state index is 11.8. The van der Waals surface area contributed by atoms with E-state index in [2.05, 4.69) is 10.0 Å². The molecular formula is C10H13ClN2OS2. The van der Waals surface area contributed by atoms with Crippen LogP contribution in [0.1, 0.15) is 12.8 Å². The van der Waals surface area contributed by atoms with Crippen molar-refractivity contribution in [2.24, 2.45) is 5.92 Å². The molecule has 1 aromatic rings. The van der Waals surface area contributed by atoms with Crippen molar-refractivity contribution >= 4 is 40.8 Å². The number of carbonyl (C=O) groups is 1. The maximum Gasteiger partial charge on any atom is 0.233 e. The number of thiophene rings is 1. The summed E-state index contributed by atoms with van der Waals surface area (Å²) in [6.07, 6.45) is 1.86. The van der Waals surface area contributed by atoms with Gasteiger partial charge in [0.15, 0.2) is 0 Å². The number of rotatable bonds is 3. The fraction of sp³-hybridized carbons (Fsp3) is 0.500. The van der Waals surface area contributed by atoms with E-state index in [-0.39, 0.29) is 11.8 Å². The minimum absolute atomic E-state index is 0.135. The Hall–Kier alpha value is -0.230. The van der Waals surface area contributed by atoms with Crippen LogP contribution in [0.3, 0.4) is 0 Å². The highest BCUT2D eigenvalue weighted by atomic mass is 35.5. The maximum atomic E-state index is 11.8. The molecule has 2 N–H and O–H groups in total. The van der Waals surface area contributed by atoms with E-state index in [9.17, 15) is 4.79 Å². The second-order valence-corrected chi connectivity index (χ2v) is 6.47. The van der Waals surface area contributed by atoms with Gasteiger partial charge in [-0.15, -0.1) is 11.3 Å². The molecule has 0 aliphatic carbocycles. The second kappa shape index (κ2) is 5.91. The average Bonchev–Trinajstić information content (AvgIpc) is 2.73. The first-order chi connectivity index (χ1) is 7.75. The molecule has 2 heterocycles. The first-order valence-corrected chi connectivity index (χ1v) is 7.19. The Balaban J connectivity index is 1.78. The van der Waals surface area contributed by atoms with Crippen LogP contribution in [0.25, 0.3) is 0 Å². The van der Waals surface area contributed by atoms with Crippen LogP contribution in [0.15, 0.2) is 16.3 Å². The Morgan fingerprint density at radius 1 is 1.50 bits per heavy atom. The molecule has 0 saturated carbocycles. The van der Waals surface area contributed by atoms with Crippen molar-refractivity contribution in [3.8, 4) is 0 Å². The molecule has 1 aromatic heterocycles. The molecule has 3 nitrogen and oxygen atoms in total. The van der Waals surface area contributed by atoms with E-state index < -0.39 is 0 Å². The van der Waals surface area contributed by atoms with Crippen LogP contribution in [-0.2, 0) is 4.79 Å². The second-order valence-electron chi connectivity index (χ2n) is 3.65. The molecule has 2 rings (SSSR count). The Kier molecular flexibility index (Phi) is 4.52. The van der Waals surface area contributed by atoms with Gasteiger partial charge in [-0.25, -0.2) is 0 Å². The molecule has 0 unspecified atom stereocenters. The van der Waals surface area contributed by atoms with Gasteiger partial charge in [0.1, 0.15) is 0 Å². The number of piperidine rings is 1. The molecule has 6 heteroatoms. The summed E-state index contributed by atoms with van der Waals surface area (Å²) < 4.78 is 4.65. The van der Waals surface area contributed by atoms with Gasteiger partial charge in [-0.05, 0) is 50.0 Å². The molecule has 0 bridgehead atoms. The summed E-state index contributed by atoms with van der Waals surface area (Å²) in [6.45, 7) is 1.88. The van der Waals surface area contributed by atoms with Gasteiger partial charge in [0.2, 0.25) is 5.91 Å². The highest BCUT2D eigenvalue weighted by Crippen LogP contribution is 2.28. The van der Waals surface area contributed by atoms with E-state index >= 15 is 0 Å². The zero-order chi connectivity index (χ0) is 11.4. The normalized spacial score (nSPS) is 17.3. The van der Waals surface area contributed by atoms with Crippen LogP contribution in [0, 0.1) is 5.92 Å². The predicted octanol–water partition coefficient (Wildman–Crippen LogP) is 2.52. The molecule has 1 aliphatic rings. The summed E-state index contributed by atoms with van der Waals surface area (Å²) in [5.74, 6) is 0.292. The van der Waals surface area contributed by atoms with E-state index in [0.29, 0.717) is 0 Å². The Morgan fingerprint density at radius 3 is 2.88 bits per heavy atom. The number of carbonyl (C=O) groups excluding carboxylic acids is 1. The zero-order valence-corrected chi connectivity index (χ0v) is 11.1. The number of halogens is 1. The first-order valence-electron chi connectivity index (χ1n) is 5.18. The number of hydrogen-bond acceptors (Lipinski definition) is 4. The van der Waals surface area contributed by atoms with Gasteiger partial charge in [-0.2, -0.15) is 0 Å². The third-order valence-corrected chi connectivity index (χ3v) is 4.68. The van der Waals surface area contributed by atoms with Crippen LogP contribution in [-0.4, -0.2) is 19.0 Å². The highest BCUT2D eigenvalue weighted by molar-refractivity contribution is 7.99. The number of nitrogens with one attached hydrogen (secondary N) is 2. The van der Waals surface area contributed by atoms with Gasteiger partial charge < -0.3 is 5.32 Å². The van der Waals surface area contributed by atoms with Crippen molar-refractivity contribution in [2.45, 2.75) is 17.1 Å².